The van der Waals surface area contributed by atoms with Gasteiger partial charge in [0.15, 0.2) is 0 Å². The summed E-state index contributed by atoms with van der Waals surface area (Å²) in [6.45, 7) is 2.86. The van der Waals surface area contributed by atoms with Crippen molar-refractivity contribution in [1.82, 2.24) is 5.32 Å². The van der Waals surface area contributed by atoms with E-state index in [0.717, 1.165) is 41.1 Å². The average Bonchev–Trinajstić information content (AvgIpc) is 2.60. The second-order valence-corrected chi connectivity index (χ2v) is 6.43. The summed E-state index contributed by atoms with van der Waals surface area (Å²) in [5.41, 5.74) is 11.2. The van der Waals surface area contributed by atoms with E-state index in [-0.39, 0.29) is 18.1 Å². The van der Waals surface area contributed by atoms with Crippen LogP contribution in [0.3, 0.4) is 0 Å². The number of para-hydroxylation sites is 1. The van der Waals surface area contributed by atoms with Crippen LogP contribution in [0.25, 0.3) is 0 Å². The largest absolute Gasteiger partial charge is 0.497 e. The third kappa shape index (κ3) is 2.16. The first-order valence-electron chi connectivity index (χ1n) is 8.20. The molecule has 2 heterocycles. The molecule has 5 heteroatoms. The average molecular weight is 323 g/mol. The van der Waals surface area contributed by atoms with Gasteiger partial charge in [0.05, 0.1) is 18.4 Å². The minimum Gasteiger partial charge on any atom is -0.497 e. The molecule has 2 aliphatic rings. The summed E-state index contributed by atoms with van der Waals surface area (Å²) in [6.07, 6.45) is 0.697. The van der Waals surface area contributed by atoms with Gasteiger partial charge >= 0.3 is 0 Å². The summed E-state index contributed by atoms with van der Waals surface area (Å²) in [6, 6.07) is 11.8. The number of hydrogen-bond donors (Lipinski definition) is 2. The van der Waals surface area contributed by atoms with Crippen LogP contribution in [0.2, 0.25) is 0 Å². The number of nitrogens with two attached hydrogens (primary N) is 1. The first kappa shape index (κ1) is 15.0. The Morgan fingerprint density at radius 3 is 2.83 bits per heavy atom. The SMILES string of the molecule is COc1ccc([C@@H]2NC(=O)c3cccc4c3N2CC[C@H]4N)c(C)c1. The summed E-state index contributed by atoms with van der Waals surface area (Å²) in [4.78, 5) is 14.9. The van der Waals surface area contributed by atoms with Crippen molar-refractivity contribution < 1.29 is 9.53 Å². The van der Waals surface area contributed by atoms with E-state index in [2.05, 4.69) is 10.2 Å². The second-order valence-electron chi connectivity index (χ2n) is 6.43. The molecule has 5 nitrogen and oxygen atoms in total. The molecule has 0 fully saturated rings. The van der Waals surface area contributed by atoms with Crippen LogP contribution in [-0.2, 0) is 0 Å². The summed E-state index contributed by atoms with van der Waals surface area (Å²) in [7, 11) is 1.66. The number of amides is 1. The number of carbonyl (C=O) groups excluding carboxylic acids is 1. The van der Waals surface area contributed by atoms with Crippen molar-refractivity contribution in [3.05, 3.63) is 58.7 Å². The molecule has 0 aromatic heterocycles. The number of benzene rings is 2. The molecule has 0 aliphatic carbocycles. The lowest BCUT2D eigenvalue weighted by molar-refractivity contribution is 0.0925. The molecule has 0 unspecified atom stereocenters. The Morgan fingerprint density at radius 1 is 1.25 bits per heavy atom. The maximum Gasteiger partial charge on any atom is 0.255 e. The zero-order chi connectivity index (χ0) is 16.8. The van der Waals surface area contributed by atoms with Crippen LogP contribution in [0.4, 0.5) is 5.69 Å². The first-order chi connectivity index (χ1) is 11.6. The van der Waals surface area contributed by atoms with Gasteiger partial charge in [-0.15, -0.1) is 0 Å². The third-order valence-corrected chi connectivity index (χ3v) is 5.03. The van der Waals surface area contributed by atoms with Gasteiger partial charge in [0.25, 0.3) is 5.91 Å². The highest BCUT2D eigenvalue weighted by Crippen LogP contribution is 2.42. The summed E-state index contributed by atoms with van der Waals surface area (Å²) < 4.78 is 5.29. The molecule has 0 bridgehead atoms. The maximum absolute atomic E-state index is 12.6. The Morgan fingerprint density at radius 2 is 2.08 bits per heavy atom. The topological polar surface area (TPSA) is 67.6 Å². The summed E-state index contributed by atoms with van der Waals surface area (Å²) >= 11 is 0. The van der Waals surface area contributed by atoms with Gasteiger partial charge in [-0.1, -0.05) is 18.2 Å². The van der Waals surface area contributed by atoms with Gasteiger partial charge in [-0.05, 0) is 48.2 Å². The molecule has 3 N–H and O–H groups in total. The zero-order valence-electron chi connectivity index (χ0n) is 13.9. The fourth-order valence-electron chi connectivity index (χ4n) is 3.78. The molecule has 0 spiro atoms. The van der Waals surface area contributed by atoms with Crippen molar-refractivity contribution in [2.75, 3.05) is 18.6 Å². The van der Waals surface area contributed by atoms with Crippen molar-refractivity contribution in [2.45, 2.75) is 25.6 Å². The number of anilines is 1. The fraction of sp³-hybridized carbons (Fsp3) is 0.316. The van der Waals surface area contributed by atoms with E-state index in [1.54, 1.807) is 7.11 Å². The highest BCUT2D eigenvalue weighted by atomic mass is 16.5. The Hall–Kier alpha value is -2.53. The van der Waals surface area contributed by atoms with E-state index in [1.807, 2.05) is 43.3 Å². The van der Waals surface area contributed by atoms with Crippen molar-refractivity contribution in [3.63, 3.8) is 0 Å². The van der Waals surface area contributed by atoms with Crippen molar-refractivity contribution >= 4 is 11.6 Å². The van der Waals surface area contributed by atoms with Gasteiger partial charge in [-0.3, -0.25) is 4.79 Å². The number of nitrogens with one attached hydrogen (secondary N) is 1. The van der Waals surface area contributed by atoms with Crippen molar-refractivity contribution in [2.24, 2.45) is 5.73 Å². The Bertz CT molecular complexity index is 818. The molecule has 24 heavy (non-hydrogen) atoms. The minimum absolute atomic E-state index is 0.0142. The highest BCUT2D eigenvalue weighted by Gasteiger charge is 2.37. The Kier molecular flexibility index (Phi) is 3.46. The van der Waals surface area contributed by atoms with E-state index in [9.17, 15) is 4.79 Å². The van der Waals surface area contributed by atoms with Gasteiger partial charge < -0.3 is 20.7 Å². The Balaban J connectivity index is 1.84. The predicted octanol–water partition coefficient (Wildman–Crippen LogP) is 2.66. The normalized spacial score (nSPS) is 22.0. The molecule has 0 saturated carbocycles. The smallest absolute Gasteiger partial charge is 0.255 e. The van der Waals surface area contributed by atoms with E-state index in [4.69, 9.17) is 10.5 Å². The lowest BCUT2D eigenvalue weighted by atomic mass is 9.90. The zero-order valence-corrected chi connectivity index (χ0v) is 13.9. The Labute approximate surface area is 141 Å². The number of rotatable bonds is 2. The molecule has 124 valence electrons. The standard InChI is InChI=1S/C19H21N3O2/c1-11-10-12(24-2)6-7-13(11)18-21-19(23)15-5-3-4-14-16(20)8-9-22(18)17(14)15/h3-7,10,16,18H,8-9,20H2,1-2H3,(H,21,23)/t16-,18-/m1/s1. The van der Waals surface area contributed by atoms with Crippen LogP contribution in [0.15, 0.2) is 36.4 Å². The van der Waals surface area contributed by atoms with E-state index in [0.29, 0.717) is 5.56 Å². The third-order valence-electron chi connectivity index (χ3n) is 5.03. The molecule has 2 aromatic carbocycles. The van der Waals surface area contributed by atoms with Crippen molar-refractivity contribution in [3.8, 4) is 5.75 Å². The van der Waals surface area contributed by atoms with Crippen LogP contribution in [0, 0.1) is 6.92 Å². The van der Waals surface area contributed by atoms with Crippen molar-refractivity contribution in [1.29, 1.82) is 0 Å². The van der Waals surface area contributed by atoms with Crippen LogP contribution >= 0.6 is 0 Å². The molecule has 1 amide bonds. The van der Waals surface area contributed by atoms with Gasteiger partial charge in [-0.2, -0.15) is 0 Å². The number of hydrogen-bond acceptors (Lipinski definition) is 4. The number of aryl methyl sites for hydroxylation is 1. The molecule has 2 atom stereocenters. The molecule has 4 rings (SSSR count). The molecular formula is C19H21N3O2. The second kappa shape index (κ2) is 5.53. The van der Waals surface area contributed by atoms with E-state index >= 15 is 0 Å². The van der Waals surface area contributed by atoms with Gasteiger partial charge in [0, 0.05) is 12.6 Å². The van der Waals surface area contributed by atoms with Gasteiger partial charge in [0.1, 0.15) is 11.9 Å². The predicted molar refractivity (Wildman–Crippen MR) is 93.3 cm³/mol. The number of carbonyl (C=O) groups is 1. The molecule has 0 saturated heterocycles. The number of nitrogens with zero attached hydrogens (tertiary/aromatic N) is 1. The number of ether oxygens (including phenoxy) is 1. The highest BCUT2D eigenvalue weighted by molar-refractivity contribution is 6.03. The fourth-order valence-corrected chi connectivity index (χ4v) is 3.78. The van der Waals surface area contributed by atoms with E-state index < -0.39 is 0 Å². The van der Waals surface area contributed by atoms with E-state index in [1.165, 1.54) is 0 Å². The quantitative estimate of drug-likeness (QED) is 0.891. The van der Waals surface area contributed by atoms with Crippen LogP contribution in [0.5, 0.6) is 5.75 Å². The monoisotopic (exact) mass is 323 g/mol. The van der Waals surface area contributed by atoms with Crippen LogP contribution < -0.4 is 20.7 Å². The van der Waals surface area contributed by atoms with Crippen LogP contribution in [0.1, 0.15) is 45.7 Å². The molecule has 2 aliphatic heterocycles. The maximum atomic E-state index is 12.6. The van der Waals surface area contributed by atoms with Crippen LogP contribution in [-0.4, -0.2) is 19.6 Å². The molecule has 2 aromatic rings. The molecule has 0 radical (unpaired) electrons. The lowest BCUT2D eigenvalue weighted by Gasteiger charge is -2.44. The van der Waals surface area contributed by atoms with Gasteiger partial charge in [-0.25, -0.2) is 0 Å². The number of methoxy groups -OCH3 is 1. The van der Waals surface area contributed by atoms with Gasteiger partial charge in [0.2, 0.25) is 0 Å². The molecular weight excluding hydrogens is 302 g/mol. The lowest BCUT2D eigenvalue weighted by Crippen LogP contribution is -2.50. The summed E-state index contributed by atoms with van der Waals surface area (Å²) in [5.74, 6) is 0.776. The summed E-state index contributed by atoms with van der Waals surface area (Å²) in [5, 5.41) is 3.15. The minimum atomic E-state index is -0.176. The first-order valence-corrected chi connectivity index (χ1v) is 8.20.